The number of thioether (sulfide) groups is 1. The molecule has 4 atom stereocenters. The maximum Gasteiger partial charge on any atom is 0.303 e. The van der Waals surface area contributed by atoms with E-state index < -0.39 is 11.9 Å². The van der Waals surface area contributed by atoms with Gasteiger partial charge >= 0.3 is 5.97 Å². The monoisotopic (exact) mass is 456 g/mol. The number of hydrogen-bond acceptors (Lipinski definition) is 6. The Morgan fingerprint density at radius 1 is 1.16 bits per heavy atom. The summed E-state index contributed by atoms with van der Waals surface area (Å²) in [5.74, 6) is 0.0191. The molecule has 2 fully saturated rings. The lowest BCUT2D eigenvalue weighted by atomic mass is 9.77. The van der Waals surface area contributed by atoms with Crippen molar-refractivity contribution in [1.82, 2.24) is 10.4 Å². The number of carboxylic acids is 1. The van der Waals surface area contributed by atoms with E-state index in [1.165, 1.54) is 0 Å². The molecule has 0 aromatic carbocycles. The molecule has 0 aromatic rings. The molecule has 2 saturated heterocycles. The fraction of sp³-hybridized carbons (Fsp3) is 0.773. The molecule has 8 nitrogen and oxygen atoms in total. The van der Waals surface area contributed by atoms with Crippen LogP contribution in [0.25, 0.3) is 0 Å². The number of carbonyl (C=O) groups excluding carboxylic acids is 2. The van der Waals surface area contributed by atoms with Gasteiger partial charge in [-0.3, -0.25) is 19.6 Å². The van der Waals surface area contributed by atoms with E-state index in [0.717, 1.165) is 49.3 Å². The molecule has 2 aliphatic heterocycles. The summed E-state index contributed by atoms with van der Waals surface area (Å²) in [7, 11) is 0. The quantitative estimate of drug-likeness (QED) is 0.150. The summed E-state index contributed by atoms with van der Waals surface area (Å²) >= 11 is 1.54. The van der Waals surface area contributed by atoms with Gasteiger partial charge < -0.3 is 15.2 Å². The molecular weight excluding hydrogens is 420 g/mol. The van der Waals surface area contributed by atoms with Crippen LogP contribution >= 0.6 is 11.8 Å². The molecular formula is C22H36N2O6S. The van der Waals surface area contributed by atoms with Gasteiger partial charge in [-0.15, -0.1) is 0 Å². The van der Waals surface area contributed by atoms with Crippen LogP contribution in [0, 0.1) is 11.8 Å². The summed E-state index contributed by atoms with van der Waals surface area (Å²) in [6.45, 7) is 2.08. The number of fused-ring (bicyclic) bond motifs is 2. The Morgan fingerprint density at radius 2 is 1.90 bits per heavy atom. The third-order valence-electron chi connectivity index (χ3n) is 5.91. The third kappa shape index (κ3) is 8.82. The van der Waals surface area contributed by atoms with Crippen LogP contribution in [0.15, 0.2) is 12.2 Å². The average molecular weight is 457 g/mol. The first-order chi connectivity index (χ1) is 14.9. The summed E-state index contributed by atoms with van der Waals surface area (Å²) in [5, 5.41) is 22.3. The molecule has 0 spiro atoms. The molecule has 0 radical (unpaired) electrons. The van der Waals surface area contributed by atoms with Crippen molar-refractivity contribution in [1.29, 1.82) is 0 Å². The lowest BCUT2D eigenvalue weighted by Gasteiger charge is -2.29. The van der Waals surface area contributed by atoms with Crippen LogP contribution in [-0.2, 0) is 19.1 Å². The maximum absolute atomic E-state index is 12.3. The minimum absolute atomic E-state index is 0.0439. The molecule has 176 valence electrons. The Balaban J connectivity index is 1.73. The van der Waals surface area contributed by atoms with Gasteiger partial charge in [-0.1, -0.05) is 25.5 Å². The number of carbonyl (C=O) groups is 3. The van der Waals surface area contributed by atoms with Crippen LogP contribution in [0.2, 0.25) is 0 Å². The van der Waals surface area contributed by atoms with Crippen LogP contribution < -0.4 is 5.32 Å². The fourth-order valence-corrected chi connectivity index (χ4v) is 5.15. The Hall–Kier alpha value is -1.58. The predicted molar refractivity (Wildman–Crippen MR) is 119 cm³/mol. The van der Waals surface area contributed by atoms with Gasteiger partial charge in [0.25, 0.3) is 5.91 Å². The van der Waals surface area contributed by atoms with Gasteiger partial charge in [-0.2, -0.15) is 11.8 Å². The minimum atomic E-state index is -0.783. The normalized spacial score (nSPS) is 24.6. The first kappa shape index (κ1) is 25.7. The number of carboxylic acid groups (broad SMARTS) is 1. The summed E-state index contributed by atoms with van der Waals surface area (Å²) in [6.07, 6.45) is 10.6. The van der Waals surface area contributed by atoms with Crippen molar-refractivity contribution in [2.75, 3.05) is 24.6 Å². The van der Waals surface area contributed by atoms with E-state index >= 15 is 0 Å². The standard InChI is InChI=1S/C22H36N2O6S/c1-2-3-12-31-15-20(25)23-13-21(26)24(29)14-17-16(18-10-11-19(17)30-18)8-6-4-5-7-9-22(27)28/h4,6,16-19,29H,2-3,5,7-15H2,1H3,(H,23,25)(H,27,28)/t16-,17+,18-,19+/m0/s1. The molecule has 3 N–H and O–H groups in total. The second kappa shape index (κ2) is 13.8. The van der Waals surface area contributed by atoms with Crippen molar-refractivity contribution in [3.63, 3.8) is 0 Å². The van der Waals surface area contributed by atoms with Gasteiger partial charge in [-0.05, 0) is 50.2 Å². The van der Waals surface area contributed by atoms with E-state index in [9.17, 15) is 19.6 Å². The molecule has 2 rings (SSSR count). The summed E-state index contributed by atoms with van der Waals surface area (Å²) < 4.78 is 6.02. The van der Waals surface area contributed by atoms with Gasteiger partial charge in [-0.25, -0.2) is 5.06 Å². The number of nitrogens with one attached hydrogen (secondary N) is 1. The summed E-state index contributed by atoms with van der Waals surface area (Å²) in [4.78, 5) is 34.6. The Kier molecular flexibility index (Phi) is 11.4. The molecule has 31 heavy (non-hydrogen) atoms. The number of rotatable bonds is 15. The smallest absolute Gasteiger partial charge is 0.303 e. The second-order valence-corrected chi connectivity index (χ2v) is 9.38. The van der Waals surface area contributed by atoms with Crippen molar-refractivity contribution in [3.8, 4) is 0 Å². The molecule has 0 aromatic heterocycles. The van der Waals surface area contributed by atoms with E-state index in [1.54, 1.807) is 11.8 Å². The topological polar surface area (TPSA) is 116 Å². The van der Waals surface area contributed by atoms with Crippen LogP contribution in [0.5, 0.6) is 0 Å². The number of amides is 2. The largest absolute Gasteiger partial charge is 0.481 e. The summed E-state index contributed by atoms with van der Waals surface area (Å²) in [6, 6.07) is 0. The molecule has 2 heterocycles. The fourth-order valence-electron chi connectivity index (χ4n) is 4.22. The molecule has 2 amide bonds. The maximum atomic E-state index is 12.3. The Morgan fingerprint density at radius 3 is 2.61 bits per heavy atom. The predicted octanol–water partition coefficient (Wildman–Crippen LogP) is 2.85. The van der Waals surface area contributed by atoms with Gasteiger partial charge in [0.2, 0.25) is 5.91 Å². The SMILES string of the molecule is CCCCSCC(=O)NCC(=O)N(O)C[C@@H]1[C@H](CC=CCCCC(=O)O)[C@@H]2CC[C@H]1O2. The highest BCUT2D eigenvalue weighted by Gasteiger charge is 2.48. The average Bonchev–Trinajstić information content (AvgIpc) is 3.34. The van der Waals surface area contributed by atoms with E-state index in [2.05, 4.69) is 18.3 Å². The molecule has 9 heteroatoms. The lowest BCUT2D eigenvalue weighted by Crippen LogP contribution is -2.44. The number of hydroxylamine groups is 2. The van der Waals surface area contributed by atoms with Gasteiger partial charge in [0, 0.05) is 12.3 Å². The summed E-state index contributed by atoms with van der Waals surface area (Å²) in [5.41, 5.74) is 0. The van der Waals surface area contributed by atoms with E-state index in [4.69, 9.17) is 9.84 Å². The van der Waals surface area contributed by atoms with E-state index in [1.807, 2.05) is 6.08 Å². The first-order valence-corrected chi connectivity index (χ1v) is 12.4. The molecule has 2 bridgehead atoms. The van der Waals surface area contributed by atoms with Crippen LogP contribution in [0.4, 0.5) is 0 Å². The first-order valence-electron chi connectivity index (χ1n) is 11.3. The highest BCUT2D eigenvalue weighted by atomic mass is 32.2. The van der Waals surface area contributed by atoms with Crippen molar-refractivity contribution in [2.45, 2.75) is 70.5 Å². The number of ether oxygens (including phenoxy) is 1. The third-order valence-corrected chi connectivity index (χ3v) is 6.95. The zero-order valence-electron chi connectivity index (χ0n) is 18.3. The van der Waals surface area contributed by atoms with Gasteiger partial charge in [0.15, 0.2) is 0 Å². The molecule has 0 unspecified atom stereocenters. The number of aliphatic carboxylic acids is 1. The highest BCUT2D eigenvalue weighted by molar-refractivity contribution is 7.99. The zero-order valence-corrected chi connectivity index (χ0v) is 19.1. The van der Waals surface area contributed by atoms with Crippen LogP contribution in [0.3, 0.4) is 0 Å². The van der Waals surface area contributed by atoms with Crippen molar-refractivity contribution in [3.05, 3.63) is 12.2 Å². The molecule has 0 aliphatic carbocycles. The minimum Gasteiger partial charge on any atom is -0.481 e. The second-order valence-electron chi connectivity index (χ2n) is 8.27. The number of allylic oxidation sites excluding steroid dienone is 2. The van der Waals surface area contributed by atoms with Crippen LogP contribution in [-0.4, -0.2) is 70.0 Å². The zero-order chi connectivity index (χ0) is 22.6. The Labute approximate surface area is 188 Å². The van der Waals surface area contributed by atoms with Crippen molar-refractivity contribution >= 4 is 29.5 Å². The van der Waals surface area contributed by atoms with Gasteiger partial charge in [0.05, 0.1) is 31.1 Å². The Bertz CT molecular complexity index is 629. The lowest BCUT2D eigenvalue weighted by molar-refractivity contribution is -0.168. The van der Waals surface area contributed by atoms with E-state index in [0.29, 0.717) is 12.2 Å². The van der Waals surface area contributed by atoms with Gasteiger partial charge in [0.1, 0.15) is 0 Å². The highest BCUT2D eigenvalue weighted by Crippen LogP contribution is 2.45. The molecule has 0 saturated carbocycles. The van der Waals surface area contributed by atoms with Crippen molar-refractivity contribution in [2.24, 2.45) is 11.8 Å². The number of unbranched alkanes of at least 4 members (excludes halogenated alkanes) is 2. The molecule has 2 aliphatic rings. The van der Waals surface area contributed by atoms with Crippen molar-refractivity contribution < 1.29 is 29.4 Å². The number of nitrogens with zero attached hydrogens (tertiary/aromatic N) is 1. The number of hydrogen-bond donors (Lipinski definition) is 3. The van der Waals surface area contributed by atoms with Crippen LogP contribution in [0.1, 0.15) is 58.3 Å². The van der Waals surface area contributed by atoms with E-state index in [-0.39, 0.29) is 49.5 Å².